The van der Waals surface area contributed by atoms with Gasteiger partial charge in [-0.05, 0) is 50.2 Å². The molecular formula is C24H19N5O. The van der Waals surface area contributed by atoms with Crippen LogP contribution in [0, 0.1) is 13.8 Å². The van der Waals surface area contributed by atoms with E-state index in [1.165, 1.54) is 5.56 Å². The van der Waals surface area contributed by atoms with Crippen molar-refractivity contribution in [2.24, 2.45) is 0 Å². The molecule has 6 nitrogen and oxygen atoms in total. The van der Waals surface area contributed by atoms with E-state index < -0.39 is 0 Å². The lowest BCUT2D eigenvalue weighted by atomic mass is 10.1. The van der Waals surface area contributed by atoms with E-state index in [4.69, 9.17) is 9.40 Å². The molecule has 0 aliphatic carbocycles. The number of para-hydroxylation sites is 1. The molecule has 0 unspecified atom stereocenters. The number of anilines is 2. The summed E-state index contributed by atoms with van der Waals surface area (Å²) in [4.78, 5) is 9.33. The molecule has 0 saturated heterocycles. The number of fused-ring (bicyclic) bond motifs is 1. The molecule has 0 bridgehead atoms. The van der Waals surface area contributed by atoms with Gasteiger partial charge in [0.2, 0.25) is 11.7 Å². The average Bonchev–Trinajstić information content (AvgIpc) is 3.26. The lowest BCUT2D eigenvalue weighted by molar-refractivity contribution is 0.579. The second-order valence-corrected chi connectivity index (χ2v) is 7.19. The first-order valence-electron chi connectivity index (χ1n) is 9.67. The van der Waals surface area contributed by atoms with Crippen LogP contribution in [0.1, 0.15) is 11.1 Å². The second kappa shape index (κ2) is 7.40. The lowest BCUT2D eigenvalue weighted by Crippen LogP contribution is -1.99. The first kappa shape index (κ1) is 18.0. The number of rotatable bonds is 4. The quantitative estimate of drug-likeness (QED) is 0.422. The van der Waals surface area contributed by atoms with Crippen LogP contribution in [0.5, 0.6) is 0 Å². The van der Waals surface area contributed by atoms with Crippen molar-refractivity contribution in [3.05, 3.63) is 83.9 Å². The Morgan fingerprint density at radius 2 is 1.53 bits per heavy atom. The van der Waals surface area contributed by atoms with Crippen molar-refractivity contribution >= 4 is 22.4 Å². The van der Waals surface area contributed by atoms with E-state index in [0.717, 1.165) is 27.7 Å². The van der Waals surface area contributed by atoms with Crippen LogP contribution in [0.4, 0.5) is 11.5 Å². The molecule has 0 fully saturated rings. The summed E-state index contributed by atoms with van der Waals surface area (Å²) in [7, 11) is 0. The second-order valence-electron chi connectivity index (χ2n) is 7.19. The van der Waals surface area contributed by atoms with Gasteiger partial charge >= 0.3 is 0 Å². The molecule has 2 aromatic heterocycles. The molecule has 0 spiro atoms. The Balaban J connectivity index is 1.57. The van der Waals surface area contributed by atoms with Crippen LogP contribution in [0.2, 0.25) is 0 Å². The molecule has 0 atom stereocenters. The Morgan fingerprint density at radius 1 is 0.733 bits per heavy atom. The summed E-state index contributed by atoms with van der Waals surface area (Å²) in [5, 5.41) is 12.7. The largest absolute Gasteiger partial charge is 0.413 e. The maximum atomic E-state index is 5.91. The van der Waals surface area contributed by atoms with Gasteiger partial charge in [0.05, 0.1) is 5.52 Å². The van der Waals surface area contributed by atoms with Crippen molar-refractivity contribution in [3.8, 4) is 23.2 Å². The van der Waals surface area contributed by atoms with E-state index in [-0.39, 0.29) is 5.89 Å². The van der Waals surface area contributed by atoms with Crippen LogP contribution in [-0.2, 0) is 0 Å². The SMILES string of the molecule is Cc1ccc(Nc2nc(-c3nnc(-c4cccc(C)c4)o3)nc3ccccc23)cc1. The Labute approximate surface area is 173 Å². The zero-order valence-electron chi connectivity index (χ0n) is 16.6. The molecule has 146 valence electrons. The monoisotopic (exact) mass is 393 g/mol. The fourth-order valence-electron chi connectivity index (χ4n) is 3.25. The Morgan fingerprint density at radius 3 is 2.37 bits per heavy atom. The molecule has 5 aromatic rings. The van der Waals surface area contributed by atoms with Gasteiger partial charge in [0.25, 0.3) is 5.89 Å². The summed E-state index contributed by atoms with van der Waals surface area (Å²) in [6, 6.07) is 23.9. The molecule has 0 aliphatic rings. The number of aryl methyl sites for hydroxylation is 2. The highest BCUT2D eigenvalue weighted by Crippen LogP contribution is 2.28. The zero-order valence-corrected chi connectivity index (χ0v) is 16.6. The van der Waals surface area contributed by atoms with Crippen LogP contribution < -0.4 is 5.32 Å². The molecule has 0 radical (unpaired) electrons. The van der Waals surface area contributed by atoms with E-state index in [0.29, 0.717) is 17.5 Å². The fourth-order valence-corrected chi connectivity index (χ4v) is 3.25. The smallest absolute Gasteiger partial charge is 0.286 e. The molecule has 6 heteroatoms. The van der Waals surface area contributed by atoms with Crippen molar-refractivity contribution in [1.82, 2.24) is 20.2 Å². The predicted molar refractivity (Wildman–Crippen MR) is 117 cm³/mol. The number of aromatic nitrogens is 4. The zero-order chi connectivity index (χ0) is 20.5. The minimum atomic E-state index is 0.282. The van der Waals surface area contributed by atoms with Crippen molar-refractivity contribution in [1.29, 1.82) is 0 Å². The predicted octanol–water partition coefficient (Wildman–Crippen LogP) is 5.71. The number of hydrogen-bond acceptors (Lipinski definition) is 6. The standard InChI is InChI=1S/C24H19N5O/c1-15-10-12-18(13-11-15)25-21-19-8-3-4-9-20(19)26-22(27-21)24-29-28-23(30-24)17-7-5-6-16(2)14-17/h3-14H,1-2H3,(H,25,26,27). The third kappa shape index (κ3) is 3.51. The number of benzene rings is 3. The number of nitrogens with one attached hydrogen (secondary N) is 1. The van der Waals surface area contributed by atoms with Gasteiger partial charge in [-0.1, -0.05) is 47.5 Å². The number of nitrogens with zero attached hydrogens (tertiary/aromatic N) is 4. The van der Waals surface area contributed by atoms with E-state index in [1.54, 1.807) is 0 Å². The third-order valence-electron chi connectivity index (χ3n) is 4.80. The van der Waals surface area contributed by atoms with E-state index in [1.807, 2.05) is 67.6 Å². The highest BCUT2D eigenvalue weighted by molar-refractivity contribution is 5.91. The van der Waals surface area contributed by atoms with Crippen molar-refractivity contribution in [2.75, 3.05) is 5.32 Å². The van der Waals surface area contributed by atoms with E-state index in [2.05, 4.69) is 39.6 Å². The lowest BCUT2D eigenvalue weighted by Gasteiger charge is -2.10. The number of hydrogen-bond donors (Lipinski definition) is 1. The Kier molecular flexibility index (Phi) is 4.44. The maximum absolute atomic E-state index is 5.91. The molecule has 5 rings (SSSR count). The molecule has 0 amide bonds. The Bertz CT molecular complexity index is 1340. The van der Waals surface area contributed by atoms with E-state index >= 15 is 0 Å². The minimum absolute atomic E-state index is 0.282. The van der Waals surface area contributed by atoms with Gasteiger partial charge in [-0.2, -0.15) is 0 Å². The van der Waals surface area contributed by atoms with Crippen LogP contribution in [0.15, 0.2) is 77.2 Å². The fraction of sp³-hybridized carbons (Fsp3) is 0.0833. The Hall–Kier alpha value is -4.06. The van der Waals surface area contributed by atoms with Gasteiger partial charge in [0.15, 0.2) is 0 Å². The first-order chi connectivity index (χ1) is 14.7. The van der Waals surface area contributed by atoms with Gasteiger partial charge < -0.3 is 9.73 Å². The maximum Gasteiger partial charge on any atom is 0.286 e. The summed E-state index contributed by atoms with van der Waals surface area (Å²) in [6.45, 7) is 4.08. The van der Waals surface area contributed by atoms with Gasteiger partial charge in [-0.25, -0.2) is 9.97 Å². The molecular weight excluding hydrogens is 374 g/mol. The normalized spacial score (nSPS) is 11.0. The van der Waals surface area contributed by atoms with Crippen LogP contribution in [0.3, 0.4) is 0 Å². The molecule has 1 N–H and O–H groups in total. The van der Waals surface area contributed by atoms with Crippen LogP contribution in [0.25, 0.3) is 34.1 Å². The van der Waals surface area contributed by atoms with Crippen LogP contribution >= 0.6 is 0 Å². The van der Waals surface area contributed by atoms with Crippen LogP contribution in [-0.4, -0.2) is 20.2 Å². The average molecular weight is 393 g/mol. The molecule has 30 heavy (non-hydrogen) atoms. The summed E-state index contributed by atoms with van der Waals surface area (Å²) < 4.78 is 5.91. The first-order valence-corrected chi connectivity index (χ1v) is 9.67. The van der Waals surface area contributed by atoms with Gasteiger partial charge in [-0.15, -0.1) is 10.2 Å². The summed E-state index contributed by atoms with van der Waals surface area (Å²) in [6.07, 6.45) is 0. The summed E-state index contributed by atoms with van der Waals surface area (Å²) in [5.41, 5.74) is 4.93. The topological polar surface area (TPSA) is 76.7 Å². The minimum Gasteiger partial charge on any atom is -0.413 e. The van der Waals surface area contributed by atoms with Crippen molar-refractivity contribution in [3.63, 3.8) is 0 Å². The molecule has 0 saturated carbocycles. The van der Waals surface area contributed by atoms with Gasteiger partial charge in [-0.3, -0.25) is 0 Å². The highest BCUT2D eigenvalue weighted by atomic mass is 16.4. The van der Waals surface area contributed by atoms with Gasteiger partial charge in [0, 0.05) is 16.6 Å². The summed E-state index contributed by atoms with van der Waals surface area (Å²) >= 11 is 0. The highest BCUT2D eigenvalue weighted by Gasteiger charge is 2.16. The summed E-state index contributed by atoms with van der Waals surface area (Å²) in [5.74, 6) is 1.80. The van der Waals surface area contributed by atoms with E-state index in [9.17, 15) is 0 Å². The van der Waals surface area contributed by atoms with Gasteiger partial charge in [0.1, 0.15) is 5.82 Å². The third-order valence-corrected chi connectivity index (χ3v) is 4.80. The molecule has 0 aliphatic heterocycles. The van der Waals surface area contributed by atoms with Crippen molar-refractivity contribution < 1.29 is 4.42 Å². The van der Waals surface area contributed by atoms with Crippen molar-refractivity contribution in [2.45, 2.75) is 13.8 Å². The molecule has 2 heterocycles. The molecule has 3 aromatic carbocycles.